The van der Waals surface area contributed by atoms with Crippen molar-refractivity contribution in [1.29, 1.82) is 0 Å². The van der Waals surface area contributed by atoms with E-state index in [1.807, 2.05) is 19.9 Å². The van der Waals surface area contributed by atoms with Crippen LogP contribution in [-0.4, -0.2) is 43.7 Å². The number of hydrogen-bond acceptors (Lipinski definition) is 4. The quantitative estimate of drug-likeness (QED) is 0.626. The van der Waals surface area contributed by atoms with Gasteiger partial charge in [0, 0.05) is 24.8 Å². The van der Waals surface area contributed by atoms with E-state index in [1.54, 1.807) is 12.1 Å². The summed E-state index contributed by atoms with van der Waals surface area (Å²) in [6, 6.07) is 8.87. The normalized spacial score (nSPS) is 16.9. The molecule has 0 radical (unpaired) electrons. The summed E-state index contributed by atoms with van der Waals surface area (Å²) in [7, 11) is -3.79. The Balaban J connectivity index is 1.59. The van der Waals surface area contributed by atoms with Crippen LogP contribution in [0.4, 0.5) is 10.1 Å². The number of nitrogens with one attached hydrogen (secondary N) is 2. The number of aryl methyl sites for hydroxylation is 3. The molecule has 0 spiro atoms. The molecule has 0 aromatic heterocycles. The molecule has 0 bridgehead atoms. The molecule has 1 fully saturated rings. The number of halogens is 1. The second kappa shape index (κ2) is 10.4. The van der Waals surface area contributed by atoms with Crippen LogP contribution in [0.15, 0.2) is 41.3 Å². The number of sulfonamides is 1. The molecule has 1 aliphatic heterocycles. The van der Waals surface area contributed by atoms with Gasteiger partial charge >= 0.3 is 11.8 Å². The molecule has 0 aliphatic carbocycles. The first-order chi connectivity index (χ1) is 15.6. The number of amides is 2. The van der Waals surface area contributed by atoms with E-state index in [4.69, 9.17) is 0 Å². The highest BCUT2D eigenvalue weighted by atomic mass is 32.2. The number of rotatable bonds is 6. The number of piperidine rings is 1. The predicted octanol–water partition coefficient (Wildman–Crippen LogP) is 3.44. The summed E-state index contributed by atoms with van der Waals surface area (Å²) in [5, 5.41) is 5.16. The molecule has 2 aromatic carbocycles. The monoisotopic (exact) mass is 475 g/mol. The lowest BCUT2D eigenvalue weighted by atomic mass is 10.0. The van der Waals surface area contributed by atoms with Crippen molar-refractivity contribution in [2.75, 3.05) is 18.4 Å². The van der Waals surface area contributed by atoms with Gasteiger partial charge in [-0.15, -0.1) is 0 Å². The maximum atomic E-state index is 13.6. The number of carbonyl (C=O) groups excluding carboxylic acids is 2. The molecule has 9 heteroatoms. The van der Waals surface area contributed by atoms with Crippen molar-refractivity contribution in [3.8, 4) is 0 Å². The van der Waals surface area contributed by atoms with Crippen molar-refractivity contribution >= 4 is 27.5 Å². The zero-order chi connectivity index (χ0) is 24.2. The minimum atomic E-state index is -3.79. The fourth-order valence-electron chi connectivity index (χ4n) is 3.93. The van der Waals surface area contributed by atoms with Gasteiger partial charge in [0.15, 0.2) is 0 Å². The first kappa shape index (κ1) is 24.9. The van der Waals surface area contributed by atoms with Gasteiger partial charge in [0.2, 0.25) is 10.0 Å². The van der Waals surface area contributed by atoms with Crippen LogP contribution in [0.25, 0.3) is 0 Å². The van der Waals surface area contributed by atoms with E-state index in [1.165, 1.54) is 23.4 Å². The van der Waals surface area contributed by atoms with Gasteiger partial charge in [-0.05, 0) is 87.1 Å². The third-order valence-electron chi connectivity index (χ3n) is 6.04. The largest absolute Gasteiger partial charge is 0.348 e. The van der Waals surface area contributed by atoms with Gasteiger partial charge in [-0.1, -0.05) is 12.5 Å². The van der Waals surface area contributed by atoms with Crippen molar-refractivity contribution in [2.45, 2.75) is 57.4 Å². The average molecular weight is 476 g/mol. The number of carbonyl (C=O) groups is 2. The Hall–Kier alpha value is -2.78. The van der Waals surface area contributed by atoms with Crippen LogP contribution in [0.5, 0.6) is 0 Å². The van der Waals surface area contributed by atoms with Gasteiger partial charge in [0.1, 0.15) is 5.82 Å². The molecular weight excluding hydrogens is 445 g/mol. The molecular formula is C24H30FN3O4S. The number of benzene rings is 2. The Morgan fingerprint density at radius 1 is 1.00 bits per heavy atom. The average Bonchev–Trinajstić information content (AvgIpc) is 2.78. The summed E-state index contributed by atoms with van der Waals surface area (Å²) in [5.74, 6) is -1.99. The smallest absolute Gasteiger partial charge is 0.313 e. The number of hydrogen-bond donors (Lipinski definition) is 2. The highest BCUT2D eigenvalue weighted by molar-refractivity contribution is 7.89. The molecule has 1 saturated heterocycles. The Bertz CT molecular complexity index is 1150. The zero-order valence-corrected chi connectivity index (χ0v) is 20.0. The fraction of sp³-hybridized carbons (Fsp3) is 0.417. The minimum absolute atomic E-state index is 0.0603. The fourth-order valence-corrected chi connectivity index (χ4v) is 5.74. The first-order valence-electron chi connectivity index (χ1n) is 11.0. The zero-order valence-electron chi connectivity index (χ0n) is 19.2. The second-order valence-electron chi connectivity index (χ2n) is 8.47. The summed E-state index contributed by atoms with van der Waals surface area (Å²) in [6.07, 6.45) is 2.65. The molecule has 0 saturated carbocycles. The molecule has 2 aromatic rings. The highest BCUT2D eigenvalue weighted by Crippen LogP contribution is 2.27. The maximum absolute atomic E-state index is 13.6. The molecule has 33 heavy (non-hydrogen) atoms. The Morgan fingerprint density at radius 3 is 2.45 bits per heavy atom. The van der Waals surface area contributed by atoms with Gasteiger partial charge < -0.3 is 10.6 Å². The lowest BCUT2D eigenvalue weighted by Crippen LogP contribution is -2.45. The van der Waals surface area contributed by atoms with E-state index < -0.39 is 27.7 Å². The minimum Gasteiger partial charge on any atom is -0.348 e. The molecule has 1 atom stereocenters. The standard InChI is InChI=1S/C24H30FN3O4S/c1-16-7-8-19(14-17(16)2)27-24(30)23(29)26-12-11-20-6-4-5-13-28(20)33(31,32)21-9-10-22(25)18(3)15-21/h7-10,14-15,20H,4-6,11-13H2,1-3H3,(H,26,29)(H,27,30)/t20-/m1/s1. The van der Waals surface area contributed by atoms with Gasteiger partial charge in [-0.25, -0.2) is 12.8 Å². The molecule has 2 N–H and O–H groups in total. The van der Waals surface area contributed by atoms with Crippen LogP contribution in [-0.2, 0) is 19.6 Å². The lowest BCUT2D eigenvalue weighted by molar-refractivity contribution is -0.136. The highest BCUT2D eigenvalue weighted by Gasteiger charge is 2.33. The van der Waals surface area contributed by atoms with Gasteiger partial charge in [0.25, 0.3) is 0 Å². The summed E-state index contributed by atoms with van der Waals surface area (Å²) >= 11 is 0. The van der Waals surface area contributed by atoms with Crippen LogP contribution in [0, 0.1) is 26.6 Å². The van der Waals surface area contributed by atoms with Crippen LogP contribution in [0.3, 0.4) is 0 Å². The van der Waals surface area contributed by atoms with Crippen molar-refractivity contribution in [2.24, 2.45) is 0 Å². The summed E-state index contributed by atoms with van der Waals surface area (Å²) in [5.41, 5.74) is 2.90. The lowest BCUT2D eigenvalue weighted by Gasteiger charge is -2.34. The van der Waals surface area contributed by atoms with Crippen LogP contribution in [0.1, 0.15) is 42.4 Å². The predicted molar refractivity (Wildman–Crippen MR) is 125 cm³/mol. The van der Waals surface area contributed by atoms with Crippen LogP contribution >= 0.6 is 0 Å². The van der Waals surface area contributed by atoms with E-state index in [0.717, 1.165) is 30.0 Å². The third kappa shape index (κ3) is 5.97. The Labute approximate surface area is 194 Å². The molecule has 7 nitrogen and oxygen atoms in total. The molecule has 1 heterocycles. The topological polar surface area (TPSA) is 95.6 Å². The van der Waals surface area contributed by atoms with Crippen LogP contribution in [0.2, 0.25) is 0 Å². The third-order valence-corrected chi connectivity index (χ3v) is 7.99. The van der Waals surface area contributed by atoms with Gasteiger partial charge in [-0.2, -0.15) is 4.31 Å². The van der Waals surface area contributed by atoms with Crippen molar-refractivity contribution < 1.29 is 22.4 Å². The summed E-state index contributed by atoms with van der Waals surface area (Å²) in [4.78, 5) is 24.5. The molecule has 2 amide bonds. The van der Waals surface area contributed by atoms with E-state index >= 15 is 0 Å². The van der Waals surface area contributed by atoms with E-state index in [0.29, 0.717) is 25.1 Å². The summed E-state index contributed by atoms with van der Waals surface area (Å²) < 4.78 is 41.4. The Kier molecular flexibility index (Phi) is 7.86. The molecule has 3 rings (SSSR count). The summed E-state index contributed by atoms with van der Waals surface area (Å²) in [6.45, 7) is 5.94. The van der Waals surface area contributed by atoms with Gasteiger partial charge in [0.05, 0.1) is 4.90 Å². The Morgan fingerprint density at radius 2 is 1.76 bits per heavy atom. The maximum Gasteiger partial charge on any atom is 0.313 e. The van der Waals surface area contributed by atoms with E-state index in [9.17, 15) is 22.4 Å². The SMILES string of the molecule is Cc1ccc(NC(=O)C(=O)NCC[C@H]2CCCCN2S(=O)(=O)c2ccc(F)c(C)c2)cc1C. The first-order valence-corrected chi connectivity index (χ1v) is 12.5. The van der Waals surface area contributed by atoms with Gasteiger partial charge in [-0.3, -0.25) is 9.59 Å². The van der Waals surface area contributed by atoms with Crippen molar-refractivity contribution in [3.63, 3.8) is 0 Å². The van der Waals surface area contributed by atoms with Crippen molar-refractivity contribution in [3.05, 3.63) is 58.9 Å². The number of anilines is 1. The molecule has 178 valence electrons. The molecule has 0 unspecified atom stereocenters. The number of nitrogens with zero attached hydrogens (tertiary/aromatic N) is 1. The second-order valence-corrected chi connectivity index (χ2v) is 10.4. The van der Waals surface area contributed by atoms with E-state index in [-0.39, 0.29) is 23.0 Å². The van der Waals surface area contributed by atoms with Crippen molar-refractivity contribution in [1.82, 2.24) is 9.62 Å². The van der Waals surface area contributed by atoms with Crippen LogP contribution < -0.4 is 10.6 Å². The molecule has 1 aliphatic rings. The van der Waals surface area contributed by atoms with E-state index in [2.05, 4.69) is 10.6 Å².